The molecule has 2 aromatic carbocycles. The fraction of sp³-hybridized carbons (Fsp3) is 0.364. The van der Waals surface area contributed by atoms with Gasteiger partial charge in [0.1, 0.15) is 11.5 Å². The predicted octanol–water partition coefficient (Wildman–Crippen LogP) is 2.07. The molecule has 2 aliphatic rings. The number of hydrogen-bond acceptors (Lipinski definition) is 8. The summed E-state index contributed by atoms with van der Waals surface area (Å²) in [7, 11) is 2.98. The molecule has 4 rings (SSSR count). The SMILES string of the molecule is COc1ccc(N2CCN(C3CC(=O)N(c4ccc([N+](=O)[O-])cc4OC)C3=O)CC2)cc1. The minimum absolute atomic E-state index is 0.0709. The molecule has 2 amide bonds. The molecule has 2 saturated heterocycles. The lowest BCUT2D eigenvalue weighted by Gasteiger charge is -2.38. The third-order valence-electron chi connectivity index (χ3n) is 5.93. The number of carbonyl (C=O) groups excluding carboxylic acids is 2. The Morgan fingerprint density at radius 3 is 2.25 bits per heavy atom. The molecule has 1 atom stereocenters. The number of nitrogens with zero attached hydrogens (tertiary/aromatic N) is 4. The van der Waals surface area contributed by atoms with Gasteiger partial charge in [-0.1, -0.05) is 0 Å². The van der Waals surface area contributed by atoms with Gasteiger partial charge in [-0.2, -0.15) is 0 Å². The van der Waals surface area contributed by atoms with Gasteiger partial charge in [-0.25, -0.2) is 4.90 Å². The number of nitro benzene ring substituents is 1. The van der Waals surface area contributed by atoms with Crippen molar-refractivity contribution in [3.63, 3.8) is 0 Å². The van der Waals surface area contributed by atoms with Crippen LogP contribution in [0.2, 0.25) is 0 Å². The first-order valence-electron chi connectivity index (χ1n) is 10.2. The molecule has 32 heavy (non-hydrogen) atoms. The van der Waals surface area contributed by atoms with Crippen LogP contribution in [0.25, 0.3) is 0 Å². The molecule has 2 aromatic rings. The molecule has 0 radical (unpaired) electrons. The first kappa shape index (κ1) is 21.6. The van der Waals surface area contributed by atoms with Crippen LogP contribution < -0.4 is 19.3 Å². The zero-order valence-electron chi connectivity index (χ0n) is 17.9. The Morgan fingerprint density at radius 1 is 0.969 bits per heavy atom. The molecule has 10 heteroatoms. The van der Waals surface area contributed by atoms with Crippen LogP contribution in [0.4, 0.5) is 17.1 Å². The third kappa shape index (κ3) is 3.96. The van der Waals surface area contributed by atoms with Gasteiger partial charge in [-0.05, 0) is 30.3 Å². The Morgan fingerprint density at radius 2 is 1.66 bits per heavy atom. The van der Waals surface area contributed by atoms with E-state index < -0.39 is 11.0 Å². The molecule has 0 saturated carbocycles. The van der Waals surface area contributed by atoms with Crippen LogP contribution in [-0.2, 0) is 9.59 Å². The van der Waals surface area contributed by atoms with Crippen molar-refractivity contribution in [2.75, 3.05) is 50.2 Å². The number of non-ortho nitro benzene ring substituents is 1. The van der Waals surface area contributed by atoms with Crippen molar-refractivity contribution >= 4 is 28.9 Å². The summed E-state index contributed by atoms with van der Waals surface area (Å²) in [5.41, 5.74) is 1.14. The number of ether oxygens (including phenoxy) is 2. The first-order valence-corrected chi connectivity index (χ1v) is 10.2. The number of benzene rings is 2. The number of anilines is 2. The zero-order valence-corrected chi connectivity index (χ0v) is 17.9. The van der Waals surface area contributed by atoms with E-state index in [1.165, 1.54) is 25.3 Å². The standard InChI is InChI=1S/C22H24N4O6/c1-31-17-6-3-15(4-7-17)23-9-11-24(12-10-23)19-14-21(27)25(22(19)28)18-8-5-16(26(29)30)13-20(18)32-2/h3-8,13,19H,9-12,14H2,1-2H3. The molecular formula is C22H24N4O6. The van der Waals surface area contributed by atoms with Crippen LogP contribution >= 0.6 is 0 Å². The topological polar surface area (TPSA) is 105 Å². The Kier molecular flexibility index (Phi) is 5.95. The number of hydrogen-bond donors (Lipinski definition) is 0. The van der Waals surface area contributed by atoms with Crippen molar-refractivity contribution in [2.45, 2.75) is 12.5 Å². The summed E-state index contributed by atoms with van der Waals surface area (Å²) in [6.45, 7) is 2.73. The van der Waals surface area contributed by atoms with E-state index in [1.807, 2.05) is 29.2 Å². The van der Waals surface area contributed by atoms with Crippen LogP contribution in [0, 0.1) is 10.1 Å². The molecule has 2 heterocycles. The van der Waals surface area contributed by atoms with Gasteiger partial charge >= 0.3 is 0 Å². The van der Waals surface area contributed by atoms with Gasteiger partial charge in [0.15, 0.2) is 0 Å². The maximum absolute atomic E-state index is 13.2. The van der Waals surface area contributed by atoms with Gasteiger partial charge in [-0.3, -0.25) is 24.6 Å². The molecule has 0 spiro atoms. The van der Waals surface area contributed by atoms with E-state index in [4.69, 9.17) is 9.47 Å². The molecule has 0 aliphatic carbocycles. The highest BCUT2D eigenvalue weighted by atomic mass is 16.6. The molecule has 0 bridgehead atoms. The Balaban J connectivity index is 1.46. The number of imide groups is 1. The molecule has 0 aromatic heterocycles. The highest BCUT2D eigenvalue weighted by Gasteiger charge is 2.44. The lowest BCUT2D eigenvalue weighted by Crippen LogP contribution is -2.52. The number of nitro groups is 1. The highest BCUT2D eigenvalue weighted by Crippen LogP contribution is 2.36. The zero-order chi connectivity index (χ0) is 22.8. The maximum atomic E-state index is 13.2. The fourth-order valence-electron chi connectivity index (χ4n) is 4.20. The van der Waals surface area contributed by atoms with Gasteiger partial charge in [0.25, 0.3) is 11.6 Å². The van der Waals surface area contributed by atoms with E-state index in [2.05, 4.69) is 4.90 Å². The van der Waals surface area contributed by atoms with E-state index in [9.17, 15) is 19.7 Å². The van der Waals surface area contributed by atoms with Crippen molar-refractivity contribution in [3.8, 4) is 11.5 Å². The molecule has 0 N–H and O–H groups in total. The predicted molar refractivity (Wildman–Crippen MR) is 117 cm³/mol. The average Bonchev–Trinajstić information content (AvgIpc) is 3.12. The number of rotatable bonds is 6. The summed E-state index contributed by atoms with van der Waals surface area (Å²) in [5, 5.41) is 11.0. The van der Waals surface area contributed by atoms with E-state index >= 15 is 0 Å². The van der Waals surface area contributed by atoms with E-state index in [0.29, 0.717) is 13.1 Å². The van der Waals surface area contributed by atoms with Gasteiger partial charge in [0.05, 0.1) is 43.4 Å². The second kappa shape index (κ2) is 8.83. The van der Waals surface area contributed by atoms with E-state index in [-0.39, 0.29) is 35.4 Å². The van der Waals surface area contributed by atoms with Gasteiger partial charge in [0.2, 0.25) is 5.91 Å². The highest BCUT2D eigenvalue weighted by molar-refractivity contribution is 6.23. The summed E-state index contributed by atoms with van der Waals surface area (Å²) in [6.07, 6.45) is 0.0709. The van der Waals surface area contributed by atoms with Crippen LogP contribution in [0.5, 0.6) is 11.5 Å². The smallest absolute Gasteiger partial charge is 0.273 e. The van der Waals surface area contributed by atoms with Crippen molar-refractivity contribution < 1.29 is 24.0 Å². The van der Waals surface area contributed by atoms with Crippen molar-refractivity contribution in [1.82, 2.24) is 4.90 Å². The summed E-state index contributed by atoms with van der Waals surface area (Å²) < 4.78 is 10.4. The first-order chi connectivity index (χ1) is 15.4. The largest absolute Gasteiger partial charge is 0.497 e. The van der Waals surface area contributed by atoms with Crippen LogP contribution in [-0.4, -0.2) is 68.1 Å². The molecule has 1 unspecified atom stereocenters. The quantitative estimate of drug-likeness (QED) is 0.382. The number of amides is 2. The maximum Gasteiger partial charge on any atom is 0.273 e. The average molecular weight is 440 g/mol. The summed E-state index contributed by atoms with van der Waals surface area (Å²) in [4.78, 5) is 41.7. The molecular weight excluding hydrogens is 416 g/mol. The number of carbonyl (C=O) groups is 2. The fourth-order valence-corrected chi connectivity index (χ4v) is 4.20. The summed E-state index contributed by atoms with van der Waals surface area (Å²) in [5.74, 6) is 0.236. The van der Waals surface area contributed by atoms with E-state index in [0.717, 1.165) is 29.4 Å². The summed E-state index contributed by atoms with van der Waals surface area (Å²) in [6, 6.07) is 11.1. The lowest BCUT2D eigenvalue weighted by molar-refractivity contribution is -0.384. The third-order valence-corrected chi connectivity index (χ3v) is 5.93. The molecule has 10 nitrogen and oxygen atoms in total. The molecule has 2 aliphatic heterocycles. The second-order valence-corrected chi connectivity index (χ2v) is 7.62. The lowest BCUT2D eigenvalue weighted by atomic mass is 10.1. The summed E-state index contributed by atoms with van der Waals surface area (Å²) >= 11 is 0. The normalized spacial score (nSPS) is 19.4. The van der Waals surface area contributed by atoms with Crippen molar-refractivity contribution in [1.29, 1.82) is 0 Å². The van der Waals surface area contributed by atoms with Gasteiger partial charge in [-0.15, -0.1) is 0 Å². The van der Waals surface area contributed by atoms with Crippen LogP contribution in [0.15, 0.2) is 42.5 Å². The Labute approximate surface area is 185 Å². The van der Waals surface area contributed by atoms with Crippen molar-refractivity contribution in [2.24, 2.45) is 0 Å². The van der Waals surface area contributed by atoms with E-state index in [1.54, 1.807) is 7.11 Å². The minimum Gasteiger partial charge on any atom is -0.497 e. The van der Waals surface area contributed by atoms with Crippen LogP contribution in [0.1, 0.15) is 6.42 Å². The van der Waals surface area contributed by atoms with Crippen molar-refractivity contribution in [3.05, 3.63) is 52.6 Å². The number of piperazine rings is 1. The molecule has 168 valence electrons. The van der Waals surface area contributed by atoms with Crippen LogP contribution in [0.3, 0.4) is 0 Å². The Hall–Kier alpha value is -3.66. The monoisotopic (exact) mass is 440 g/mol. The Bertz CT molecular complexity index is 1030. The second-order valence-electron chi connectivity index (χ2n) is 7.62. The number of methoxy groups -OCH3 is 2. The molecule has 2 fully saturated rings. The van der Waals surface area contributed by atoms with Gasteiger partial charge < -0.3 is 14.4 Å². The minimum atomic E-state index is -0.555. The van der Waals surface area contributed by atoms with Gasteiger partial charge in [0, 0.05) is 37.9 Å².